The summed E-state index contributed by atoms with van der Waals surface area (Å²) in [6.45, 7) is 7.97. The van der Waals surface area contributed by atoms with Gasteiger partial charge in [-0.1, -0.05) is 12.1 Å². The van der Waals surface area contributed by atoms with Gasteiger partial charge < -0.3 is 4.90 Å². The molecule has 3 aromatic rings. The van der Waals surface area contributed by atoms with Crippen LogP contribution in [0.25, 0.3) is 0 Å². The molecule has 0 radical (unpaired) electrons. The largest absolute Gasteiger partial charge is 0.330 e. The third-order valence-corrected chi connectivity index (χ3v) is 4.84. The Morgan fingerprint density at radius 2 is 1.85 bits per heavy atom. The van der Waals surface area contributed by atoms with Crippen LogP contribution in [0.3, 0.4) is 0 Å². The van der Waals surface area contributed by atoms with E-state index in [2.05, 4.69) is 22.2 Å². The molecule has 5 heteroatoms. The topological polar surface area (TPSA) is 51.0 Å². The molecule has 1 aliphatic heterocycles. The Morgan fingerprint density at radius 3 is 2.62 bits per heavy atom. The maximum atomic E-state index is 13.0. The molecule has 0 spiro atoms. The van der Waals surface area contributed by atoms with Crippen LogP contribution in [0.15, 0.2) is 42.6 Å². The molecule has 0 unspecified atom stereocenters. The molecule has 0 N–H and O–H groups in total. The van der Waals surface area contributed by atoms with Crippen LogP contribution in [0.5, 0.6) is 0 Å². The van der Waals surface area contributed by atoms with Gasteiger partial charge in [-0.25, -0.2) is 0 Å². The van der Waals surface area contributed by atoms with E-state index in [9.17, 15) is 4.79 Å². The molecule has 2 aromatic heterocycles. The van der Waals surface area contributed by atoms with Crippen molar-refractivity contribution < 1.29 is 4.79 Å². The van der Waals surface area contributed by atoms with E-state index in [0.29, 0.717) is 19.6 Å². The monoisotopic (exact) mass is 346 g/mol. The fourth-order valence-electron chi connectivity index (χ4n) is 3.54. The number of hydrogen-bond donors (Lipinski definition) is 0. The van der Waals surface area contributed by atoms with Gasteiger partial charge in [0.05, 0.1) is 12.2 Å². The maximum absolute atomic E-state index is 13.0. The molecule has 1 aliphatic rings. The standard InChI is InChI=1S/C21H22N4O/c1-14-8-19-12-24(13-20(19)10-22-14)21(26)18-6-4-5-17(9-18)11-25-16(3)7-15(2)23-25/h4-10H,11-13H2,1-3H3. The van der Waals surface area contributed by atoms with Gasteiger partial charge in [0, 0.05) is 36.2 Å². The average Bonchev–Trinajstić information content (AvgIpc) is 3.17. The van der Waals surface area contributed by atoms with Crippen LogP contribution >= 0.6 is 0 Å². The SMILES string of the molecule is Cc1cc2c(cn1)CN(C(=O)c1cccc(Cn3nc(C)cc3C)c1)C2. The Balaban J connectivity index is 1.53. The van der Waals surface area contributed by atoms with Crippen LogP contribution < -0.4 is 0 Å². The van der Waals surface area contributed by atoms with Crippen molar-refractivity contribution in [2.45, 2.75) is 40.4 Å². The lowest BCUT2D eigenvalue weighted by atomic mass is 10.1. The lowest BCUT2D eigenvalue weighted by molar-refractivity contribution is 0.0751. The molecule has 0 bridgehead atoms. The van der Waals surface area contributed by atoms with Gasteiger partial charge in [0.2, 0.25) is 0 Å². The molecule has 132 valence electrons. The first-order chi connectivity index (χ1) is 12.5. The van der Waals surface area contributed by atoms with Crippen molar-refractivity contribution in [3.05, 3.63) is 81.9 Å². The summed E-state index contributed by atoms with van der Waals surface area (Å²) in [7, 11) is 0. The van der Waals surface area contributed by atoms with E-state index in [4.69, 9.17) is 0 Å². The third-order valence-electron chi connectivity index (χ3n) is 4.84. The van der Waals surface area contributed by atoms with Crippen molar-refractivity contribution >= 4 is 5.91 Å². The maximum Gasteiger partial charge on any atom is 0.254 e. The number of amides is 1. The van der Waals surface area contributed by atoms with Crippen LogP contribution in [0.4, 0.5) is 0 Å². The van der Waals surface area contributed by atoms with Crippen LogP contribution in [0, 0.1) is 20.8 Å². The molecule has 0 saturated heterocycles. The second-order valence-corrected chi connectivity index (χ2v) is 7.04. The number of nitrogens with zero attached hydrogens (tertiary/aromatic N) is 4. The Bertz CT molecular complexity index is 989. The average molecular weight is 346 g/mol. The smallest absolute Gasteiger partial charge is 0.254 e. The molecule has 0 atom stereocenters. The van der Waals surface area contributed by atoms with Gasteiger partial charge in [-0.3, -0.25) is 14.5 Å². The number of aryl methyl sites for hydroxylation is 3. The van der Waals surface area contributed by atoms with Gasteiger partial charge in [0.15, 0.2) is 0 Å². The molecule has 0 saturated carbocycles. The first kappa shape index (κ1) is 16.5. The quantitative estimate of drug-likeness (QED) is 0.730. The van der Waals surface area contributed by atoms with E-state index >= 15 is 0 Å². The zero-order valence-corrected chi connectivity index (χ0v) is 15.4. The molecule has 1 aromatic carbocycles. The second kappa shape index (κ2) is 6.41. The van der Waals surface area contributed by atoms with Gasteiger partial charge in [-0.2, -0.15) is 5.10 Å². The minimum atomic E-state index is 0.0640. The highest BCUT2D eigenvalue weighted by Crippen LogP contribution is 2.24. The van der Waals surface area contributed by atoms with E-state index in [0.717, 1.165) is 33.8 Å². The summed E-state index contributed by atoms with van der Waals surface area (Å²) in [6.07, 6.45) is 1.89. The number of carbonyl (C=O) groups excluding carboxylic acids is 1. The summed E-state index contributed by atoms with van der Waals surface area (Å²) in [5, 5.41) is 4.51. The normalized spacial score (nSPS) is 13.1. The number of fused-ring (bicyclic) bond motifs is 1. The number of carbonyl (C=O) groups is 1. The Labute approximate surface area is 153 Å². The fraction of sp³-hybridized carbons (Fsp3) is 0.286. The van der Waals surface area contributed by atoms with Gasteiger partial charge >= 0.3 is 0 Å². The Morgan fingerprint density at radius 1 is 1.04 bits per heavy atom. The molecule has 3 heterocycles. The molecule has 26 heavy (non-hydrogen) atoms. The lowest BCUT2D eigenvalue weighted by Gasteiger charge is -2.16. The summed E-state index contributed by atoms with van der Waals surface area (Å²) in [6, 6.07) is 12.0. The van der Waals surface area contributed by atoms with Crippen molar-refractivity contribution in [1.82, 2.24) is 19.7 Å². The number of pyridine rings is 1. The molecule has 5 nitrogen and oxygen atoms in total. The number of aromatic nitrogens is 3. The zero-order chi connectivity index (χ0) is 18.3. The minimum Gasteiger partial charge on any atom is -0.330 e. The van der Waals surface area contributed by atoms with Gasteiger partial charge in [0.1, 0.15) is 0 Å². The first-order valence-electron chi connectivity index (χ1n) is 8.83. The van der Waals surface area contributed by atoms with Crippen molar-refractivity contribution in [1.29, 1.82) is 0 Å². The van der Waals surface area contributed by atoms with Crippen LogP contribution in [0.1, 0.15) is 44.1 Å². The van der Waals surface area contributed by atoms with Crippen molar-refractivity contribution in [3.63, 3.8) is 0 Å². The van der Waals surface area contributed by atoms with Crippen LogP contribution in [-0.2, 0) is 19.6 Å². The van der Waals surface area contributed by atoms with E-state index in [1.165, 1.54) is 5.56 Å². The molecule has 1 amide bonds. The highest BCUT2D eigenvalue weighted by atomic mass is 16.2. The molecule has 0 fully saturated rings. The van der Waals surface area contributed by atoms with E-state index in [1.54, 1.807) is 0 Å². The summed E-state index contributed by atoms with van der Waals surface area (Å²) in [5.74, 6) is 0.0640. The van der Waals surface area contributed by atoms with E-state index in [-0.39, 0.29) is 5.91 Å². The highest BCUT2D eigenvalue weighted by molar-refractivity contribution is 5.94. The molecular weight excluding hydrogens is 324 g/mol. The highest BCUT2D eigenvalue weighted by Gasteiger charge is 2.24. The van der Waals surface area contributed by atoms with Gasteiger partial charge in [0.25, 0.3) is 5.91 Å². The predicted molar refractivity (Wildman–Crippen MR) is 99.8 cm³/mol. The third kappa shape index (κ3) is 3.12. The van der Waals surface area contributed by atoms with E-state index < -0.39 is 0 Å². The Kier molecular flexibility index (Phi) is 4.07. The van der Waals surface area contributed by atoms with Crippen molar-refractivity contribution in [3.8, 4) is 0 Å². The summed E-state index contributed by atoms with van der Waals surface area (Å²) >= 11 is 0. The number of benzene rings is 1. The lowest BCUT2D eigenvalue weighted by Crippen LogP contribution is -2.25. The summed E-state index contributed by atoms with van der Waals surface area (Å²) in [5.41, 5.74) is 7.26. The predicted octanol–water partition coefficient (Wildman–Crippen LogP) is 3.41. The summed E-state index contributed by atoms with van der Waals surface area (Å²) < 4.78 is 1.97. The minimum absolute atomic E-state index is 0.0640. The molecule has 4 rings (SSSR count). The second-order valence-electron chi connectivity index (χ2n) is 7.04. The van der Waals surface area contributed by atoms with Crippen molar-refractivity contribution in [2.75, 3.05) is 0 Å². The van der Waals surface area contributed by atoms with Gasteiger partial charge in [-0.05, 0) is 61.7 Å². The van der Waals surface area contributed by atoms with E-state index in [1.807, 2.05) is 60.8 Å². The Hall–Kier alpha value is -2.95. The summed E-state index contributed by atoms with van der Waals surface area (Å²) in [4.78, 5) is 19.2. The number of rotatable bonds is 3. The van der Waals surface area contributed by atoms with Crippen LogP contribution in [0.2, 0.25) is 0 Å². The van der Waals surface area contributed by atoms with Gasteiger partial charge in [-0.15, -0.1) is 0 Å². The zero-order valence-electron chi connectivity index (χ0n) is 15.4. The fourth-order valence-corrected chi connectivity index (χ4v) is 3.54. The van der Waals surface area contributed by atoms with Crippen LogP contribution in [-0.4, -0.2) is 25.6 Å². The molecular formula is C21H22N4O. The first-order valence-corrected chi connectivity index (χ1v) is 8.83. The molecule has 0 aliphatic carbocycles. The van der Waals surface area contributed by atoms with Crippen molar-refractivity contribution in [2.24, 2.45) is 0 Å². The number of hydrogen-bond acceptors (Lipinski definition) is 3.